The quantitative estimate of drug-likeness (QED) is 0.846. The summed E-state index contributed by atoms with van der Waals surface area (Å²) >= 11 is 1.51. The highest BCUT2D eigenvalue weighted by atomic mass is 32.1. The molecular weight excluding hydrogens is 288 g/mol. The molecule has 1 aliphatic rings. The Morgan fingerprint density at radius 1 is 1.48 bits per heavy atom. The average molecular weight is 310 g/mol. The maximum Gasteiger partial charge on any atom is 0.329 e. The topological polar surface area (TPSA) is 79.3 Å². The zero-order valence-electron chi connectivity index (χ0n) is 12.3. The molecule has 5 nitrogen and oxygen atoms in total. The molecule has 1 aromatic rings. The predicted molar refractivity (Wildman–Crippen MR) is 81.2 cm³/mol. The van der Waals surface area contributed by atoms with Crippen LogP contribution in [-0.2, 0) is 16.0 Å². The van der Waals surface area contributed by atoms with Crippen LogP contribution in [0, 0.1) is 5.92 Å². The predicted octanol–water partition coefficient (Wildman–Crippen LogP) is 2.62. The van der Waals surface area contributed by atoms with Gasteiger partial charge in [-0.05, 0) is 31.6 Å². The SMILES string of the molecule is CCC1CCC(NC(=O)CCc2nccs2)(C(=O)O)CC1. The van der Waals surface area contributed by atoms with Crippen molar-refractivity contribution in [2.45, 2.75) is 57.4 Å². The smallest absolute Gasteiger partial charge is 0.329 e. The number of rotatable bonds is 6. The van der Waals surface area contributed by atoms with E-state index in [9.17, 15) is 14.7 Å². The Hall–Kier alpha value is -1.43. The van der Waals surface area contributed by atoms with Gasteiger partial charge < -0.3 is 10.4 Å². The Morgan fingerprint density at radius 3 is 2.71 bits per heavy atom. The molecule has 6 heteroatoms. The summed E-state index contributed by atoms with van der Waals surface area (Å²) in [5.74, 6) is -0.508. The molecule has 0 radical (unpaired) electrons. The Bertz CT molecular complexity index is 479. The molecule has 1 saturated carbocycles. The number of hydrogen-bond donors (Lipinski definition) is 2. The fourth-order valence-corrected chi connectivity index (χ4v) is 3.52. The van der Waals surface area contributed by atoms with Crippen molar-refractivity contribution in [3.8, 4) is 0 Å². The third-order valence-electron chi connectivity index (χ3n) is 4.37. The molecule has 0 spiro atoms. The van der Waals surface area contributed by atoms with Gasteiger partial charge in [-0.25, -0.2) is 9.78 Å². The van der Waals surface area contributed by atoms with Crippen LogP contribution in [0.25, 0.3) is 0 Å². The van der Waals surface area contributed by atoms with Crippen molar-refractivity contribution >= 4 is 23.2 Å². The standard InChI is InChI=1S/C15H22N2O3S/c1-2-11-5-7-15(8-6-11,14(19)20)17-12(18)3-4-13-16-9-10-21-13/h9-11H,2-8H2,1H3,(H,17,18)(H,19,20). The summed E-state index contributed by atoms with van der Waals surface area (Å²) in [7, 11) is 0. The zero-order valence-corrected chi connectivity index (χ0v) is 13.1. The van der Waals surface area contributed by atoms with Crippen molar-refractivity contribution in [1.82, 2.24) is 10.3 Å². The van der Waals surface area contributed by atoms with E-state index in [1.54, 1.807) is 6.20 Å². The lowest BCUT2D eigenvalue weighted by Crippen LogP contribution is -2.56. The number of carboxylic acid groups (broad SMARTS) is 1. The average Bonchev–Trinajstić information content (AvgIpc) is 2.99. The number of nitrogens with zero attached hydrogens (tertiary/aromatic N) is 1. The number of amides is 1. The summed E-state index contributed by atoms with van der Waals surface area (Å²) < 4.78 is 0. The second-order valence-electron chi connectivity index (χ2n) is 5.71. The third kappa shape index (κ3) is 4.03. The van der Waals surface area contributed by atoms with Crippen molar-refractivity contribution in [1.29, 1.82) is 0 Å². The van der Waals surface area contributed by atoms with Gasteiger partial charge in [-0.15, -0.1) is 11.3 Å². The van der Waals surface area contributed by atoms with Crippen molar-refractivity contribution in [3.05, 3.63) is 16.6 Å². The van der Waals surface area contributed by atoms with Gasteiger partial charge in [-0.1, -0.05) is 13.3 Å². The van der Waals surface area contributed by atoms with Gasteiger partial charge in [0.1, 0.15) is 5.54 Å². The Balaban J connectivity index is 1.90. The fraction of sp³-hybridized carbons (Fsp3) is 0.667. The minimum atomic E-state index is -1.06. The summed E-state index contributed by atoms with van der Waals surface area (Å²) in [6.07, 6.45) is 6.45. The van der Waals surface area contributed by atoms with Gasteiger partial charge in [0.05, 0.1) is 5.01 Å². The summed E-state index contributed by atoms with van der Waals surface area (Å²) in [5.41, 5.74) is -1.06. The number of nitrogens with one attached hydrogen (secondary N) is 1. The third-order valence-corrected chi connectivity index (χ3v) is 5.21. The summed E-state index contributed by atoms with van der Waals surface area (Å²) in [4.78, 5) is 27.8. The van der Waals surface area contributed by atoms with Crippen LogP contribution in [0.15, 0.2) is 11.6 Å². The molecule has 1 fully saturated rings. The van der Waals surface area contributed by atoms with E-state index in [4.69, 9.17) is 0 Å². The summed E-state index contributed by atoms with van der Waals surface area (Å²) in [5, 5.41) is 15.1. The molecule has 1 aromatic heterocycles. The van der Waals surface area contributed by atoms with E-state index in [0.717, 1.165) is 24.3 Å². The van der Waals surface area contributed by atoms with Gasteiger partial charge in [0.15, 0.2) is 0 Å². The Morgan fingerprint density at radius 2 is 2.19 bits per heavy atom. The maximum absolute atomic E-state index is 12.1. The molecule has 2 rings (SSSR count). The van der Waals surface area contributed by atoms with E-state index in [1.807, 2.05) is 5.38 Å². The van der Waals surface area contributed by atoms with E-state index >= 15 is 0 Å². The van der Waals surface area contributed by atoms with E-state index in [2.05, 4.69) is 17.2 Å². The van der Waals surface area contributed by atoms with Crippen molar-refractivity contribution in [3.63, 3.8) is 0 Å². The van der Waals surface area contributed by atoms with E-state index < -0.39 is 11.5 Å². The van der Waals surface area contributed by atoms with Gasteiger partial charge in [0.25, 0.3) is 0 Å². The van der Waals surface area contributed by atoms with Crippen molar-refractivity contribution < 1.29 is 14.7 Å². The van der Waals surface area contributed by atoms with Gasteiger partial charge >= 0.3 is 5.97 Å². The monoisotopic (exact) mass is 310 g/mol. The minimum Gasteiger partial charge on any atom is -0.480 e. The number of carbonyl (C=O) groups is 2. The van der Waals surface area contributed by atoms with E-state index in [1.165, 1.54) is 11.3 Å². The van der Waals surface area contributed by atoms with Crippen LogP contribution >= 0.6 is 11.3 Å². The molecule has 0 saturated heterocycles. The number of aryl methyl sites for hydroxylation is 1. The summed E-state index contributed by atoms with van der Waals surface area (Å²) in [6, 6.07) is 0. The highest BCUT2D eigenvalue weighted by Crippen LogP contribution is 2.34. The molecule has 0 aromatic carbocycles. The molecule has 0 unspecified atom stereocenters. The van der Waals surface area contributed by atoms with Crippen molar-refractivity contribution in [2.24, 2.45) is 5.92 Å². The van der Waals surface area contributed by atoms with Gasteiger partial charge in [-0.2, -0.15) is 0 Å². The number of hydrogen-bond acceptors (Lipinski definition) is 4. The first-order valence-corrected chi connectivity index (χ1v) is 8.36. The van der Waals surface area contributed by atoms with Gasteiger partial charge in [0, 0.05) is 24.4 Å². The van der Waals surface area contributed by atoms with E-state index in [0.29, 0.717) is 31.6 Å². The highest BCUT2D eigenvalue weighted by molar-refractivity contribution is 7.09. The number of thiazole rings is 1. The van der Waals surface area contributed by atoms with Crippen LogP contribution in [0.2, 0.25) is 0 Å². The highest BCUT2D eigenvalue weighted by Gasteiger charge is 2.42. The molecule has 0 aliphatic heterocycles. The molecule has 2 N–H and O–H groups in total. The lowest BCUT2D eigenvalue weighted by Gasteiger charge is -2.37. The van der Waals surface area contributed by atoms with Crippen LogP contribution < -0.4 is 5.32 Å². The lowest BCUT2D eigenvalue weighted by molar-refractivity contribution is -0.149. The Labute approximate surface area is 128 Å². The van der Waals surface area contributed by atoms with Crippen LogP contribution in [-0.4, -0.2) is 27.5 Å². The maximum atomic E-state index is 12.1. The molecule has 0 atom stereocenters. The number of aliphatic carboxylic acids is 1. The minimum absolute atomic E-state index is 0.192. The zero-order chi connectivity index (χ0) is 15.3. The molecular formula is C15H22N2O3S. The van der Waals surface area contributed by atoms with Gasteiger partial charge in [0.2, 0.25) is 5.91 Å². The van der Waals surface area contributed by atoms with E-state index in [-0.39, 0.29) is 5.91 Å². The number of carboxylic acids is 1. The largest absolute Gasteiger partial charge is 0.480 e. The second kappa shape index (κ2) is 7.02. The molecule has 1 aliphatic carbocycles. The number of carbonyl (C=O) groups excluding carboxylic acids is 1. The van der Waals surface area contributed by atoms with Crippen LogP contribution in [0.5, 0.6) is 0 Å². The van der Waals surface area contributed by atoms with Crippen molar-refractivity contribution in [2.75, 3.05) is 0 Å². The van der Waals surface area contributed by atoms with Crippen LogP contribution in [0.4, 0.5) is 0 Å². The normalized spacial score (nSPS) is 25.5. The molecule has 21 heavy (non-hydrogen) atoms. The molecule has 1 amide bonds. The second-order valence-corrected chi connectivity index (χ2v) is 6.69. The van der Waals surface area contributed by atoms with Gasteiger partial charge in [-0.3, -0.25) is 4.79 Å². The first-order valence-electron chi connectivity index (χ1n) is 7.48. The fourth-order valence-electron chi connectivity index (χ4n) is 2.90. The first-order chi connectivity index (χ1) is 10.1. The molecule has 0 bridgehead atoms. The molecule has 116 valence electrons. The lowest BCUT2D eigenvalue weighted by atomic mass is 9.75. The summed E-state index contributed by atoms with van der Waals surface area (Å²) in [6.45, 7) is 2.13. The molecule has 1 heterocycles. The van der Waals surface area contributed by atoms with Crippen LogP contribution in [0.3, 0.4) is 0 Å². The van der Waals surface area contributed by atoms with Crippen LogP contribution in [0.1, 0.15) is 50.5 Å². The first kappa shape index (κ1) is 15.9. The number of aromatic nitrogens is 1. The Kier molecular flexibility index (Phi) is 5.33.